The Bertz CT molecular complexity index is 1090. The van der Waals surface area contributed by atoms with Gasteiger partial charge in [0, 0.05) is 16.7 Å². The van der Waals surface area contributed by atoms with E-state index in [1.54, 1.807) is 41.7 Å². The second kappa shape index (κ2) is 12.0. The summed E-state index contributed by atoms with van der Waals surface area (Å²) in [5.41, 5.74) is 0.403. The van der Waals surface area contributed by atoms with E-state index in [1.165, 1.54) is 15.6 Å². The molecule has 0 aliphatic rings. The molecule has 0 saturated carbocycles. The molecule has 0 saturated heterocycles. The zero-order valence-corrected chi connectivity index (χ0v) is 18.7. The fourth-order valence-corrected chi connectivity index (χ4v) is 4.03. The molecule has 3 N–H and O–H groups in total. The van der Waals surface area contributed by atoms with Crippen LogP contribution in [0.25, 0.3) is 10.8 Å². The molecule has 166 valence electrons. The van der Waals surface area contributed by atoms with E-state index in [1.807, 2.05) is 7.05 Å². The molecular weight excluding hydrogens is 422 g/mol. The number of fused-ring (bicyclic) bond motifs is 1. The predicted octanol–water partition coefficient (Wildman–Crippen LogP) is 5.44. The smallest absolute Gasteiger partial charge is 0.337 e. The highest BCUT2D eigenvalue weighted by Gasteiger charge is 2.15. The zero-order chi connectivity index (χ0) is 22.8. The van der Waals surface area contributed by atoms with Gasteiger partial charge in [-0.1, -0.05) is 72.8 Å². The number of hydrogen-bond donors (Lipinski definition) is 3. The average Bonchev–Trinajstić information content (AvgIpc) is 3.37. The Morgan fingerprint density at radius 2 is 1.69 bits per heavy atom. The van der Waals surface area contributed by atoms with Gasteiger partial charge < -0.3 is 20.3 Å². The van der Waals surface area contributed by atoms with Crippen molar-refractivity contribution in [2.45, 2.75) is 18.6 Å². The summed E-state index contributed by atoms with van der Waals surface area (Å²) < 4.78 is 6.34. The molecule has 0 amide bonds. The summed E-state index contributed by atoms with van der Waals surface area (Å²) in [6, 6.07) is 27.1. The van der Waals surface area contributed by atoms with Crippen molar-refractivity contribution >= 4 is 28.1 Å². The van der Waals surface area contributed by atoms with Gasteiger partial charge >= 0.3 is 5.97 Å². The number of hydrogen-bond acceptors (Lipinski definition) is 5. The molecule has 5 nitrogen and oxygen atoms in total. The van der Waals surface area contributed by atoms with Crippen LogP contribution in [0.2, 0.25) is 0 Å². The standard InChI is InChI=1S/C18H19NOS.C8H8O3/c1-19-12-11-17(18-10-5-13-21-18)20-16-9-4-7-14-6-2-3-8-15(14)16;9-7(8(10)11)6-4-2-1-3-5-6/h2-10,13,17,19H,11-12H2,1H3;1-5,7,9H,(H,10,11)/t17-;/m0./s1. The number of carboxylic acid groups (broad SMARTS) is 1. The van der Waals surface area contributed by atoms with E-state index in [-0.39, 0.29) is 6.10 Å². The number of aliphatic hydroxyl groups excluding tert-OH is 1. The summed E-state index contributed by atoms with van der Waals surface area (Å²) >= 11 is 1.75. The van der Waals surface area contributed by atoms with Gasteiger partial charge in [0.25, 0.3) is 0 Å². The maximum Gasteiger partial charge on any atom is 0.337 e. The number of benzene rings is 3. The Labute approximate surface area is 191 Å². The van der Waals surface area contributed by atoms with Crippen LogP contribution in [0.3, 0.4) is 0 Å². The normalized spacial score (nSPS) is 12.4. The van der Waals surface area contributed by atoms with Gasteiger partial charge in [0.2, 0.25) is 0 Å². The summed E-state index contributed by atoms with van der Waals surface area (Å²) in [5.74, 6) is -0.265. The first kappa shape index (κ1) is 23.5. The molecule has 0 bridgehead atoms. The van der Waals surface area contributed by atoms with Gasteiger partial charge in [-0.2, -0.15) is 0 Å². The summed E-state index contributed by atoms with van der Waals surface area (Å²) in [5, 5.41) is 25.1. The molecule has 1 aromatic heterocycles. The number of thiophene rings is 1. The monoisotopic (exact) mass is 449 g/mol. The fraction of sp³-hybridized carbons (Fsp3) is 0.192. The zero-order valence-electron chi connectivity index (χ0n) is 17.8. The highest BCUT2D eigenvalue weighted by atomic mass is 32.1. The topological polar surface area (TPSA) is 78.8 Å². The van der Waals surface area contributed by atoms with E-state index in [4.69, 9.17) is 14.9 Å². The summed E-state index contributed by atoms with van der Waals surface area (Å²) in [7, 11) is 1.98. The predicted molar refractivity (Wildman–Crippen MR) is 129 cm³/mol. The van der Waals surface area contributed by atoms with Gasteiger partial charge in [-0.3, -0.25) is 0 Å². The Hall–Kier alpha value is -3.19. The molecule has 6 heteroatoms. The van der Waals surface area contributed by atoms with Crippen LogP contribution in [-0.4, -0.2) is 29.8 Å². The number of nitrogens with one attached hydrogen (secondary N) is 1. The van der Waals surface area contributed by atoms with Gasteiger partial charge in [0.05, 0.1) is 0 Å². The van der Waals surface area contributed by atoms with E-state index in [9.17, 15) is 4.79 Å². The van der Waals surface area contributed by atoms with E-state index >= 15 is 0 Å². The largest absolute Gasteiger partial charge is 0.484 e. The molecule has 0 spiro atoms. The Kier molecular flexibility index (Phi) is 8.80. The van der Waals surface area contributed by atoms with Crippen molar-refractivity contribution in [2.75, 3.05) is 13.6 Å². The number of carbonyl (C=O) groups is 1. The molecule has 32 heavy (non-hydrogen) atoms. The molecule has 0 radical (unpaired) electrons. The van der Waals surface area contributed by atoms with Crippen molar-refractivity contribution in [1.82, 2.24) is 5.32 Å². The van der Waals surface area contributed by atoms with Gasteiger partial charge in [-0.25, -0.2) is 4.79 Å². The number of rotatable bonds is 8. The van der Waals surface area contributed by atoms with Crippen molar-refractivity contribution in [3.8, 4) is 5.75 Å². The molecule has 1 heterocycles. The fourth-order valence-electron chi connectivity index (χ4n) is 3.24. The second-order valence-electron chi connectivity index (χ2n) is 7.14. The lowest BCUT2D eigenvalue weighted by molar-refractivity contribution is -0.146. The lowest BCUT2D eigenvalue weighted by atomic mass is 10.1. The maximum atomic E-state index is 10.2. The molecule has 4 rings (SSSR count). The van der Waals surface area contributed by atoms with E-state index in [0.29, 0.717) is 5.56 Å². The molecule has 1 unspecified atom stereocenters. The van der Waals surface area contributed by atoms with E-state index < -0.39 is 12.1 Å². The first-order valence-corrected chi connectivity index (χ1v) is 11.3. The SMILES string of the molecule is CNCC[C@H](Oc1cccc2ccccc12)c1cccs1.O=C(O)C(O)c1ccccc1. The number of aliphatic hydroxyl groups is 1. The number of aliphatic carboxylic acids is 1. The van der Waals surface area contributed by atoms with Crippen LogP contribution in [0, 0.1) is 0 Å². The average molecular weight is 450 g/mol. The summed E-state index contributed by atoms with van der Waals surface area (Å²) in [4.78, 5) is 11.5. The highest BCUT2D eigenvalue weighted by Crippen LogP contribution is 2.32. The van der Waals surface area contributed by atoms with Crippen LogP contribution in [0.4, 0.5) is 0 Å². The van der Waals surface area contributed by atoms with Crippen molar-refractivity contribution < 1.29 is 19.7 Å². The third-order valence-electron chi connectivity index (χ3n) is 4.89. The van der Waals surface area contributed by atoms with Crippen molar-refractivity contribution in [3.05, 3.63) is 101 Å². The Morgan fingerprint density at radius 3 is 2.38 bits per heavy atom. The first-order valence-electron chi connectivity index (χ1n) is 10.4. The van der Waals surface area contributed by atoms with Gasteiger partial charge in [0.1, 0.15) is 11.9 Å². The molecule has 2 atom stereocenters. The second-order valence-corrected chi connectivity index (χ2v) is 8.12. The van der Waals surface area contributed by atoms with E-state index in [0.717, 1.165) is 18.7 Å². The molecule has 4 aromatic rings. The van der Waals surface area contributed by atoms with Crippen LogP contribution in [0.15, 0.2) is 90.3 Å². The first-order chi connectivity index (χ1) is 15.6. The Balaban J connectivity index is 0.000000222. The molecule has 0 aliphatic heterocycles. The highest BCUT2D eigenvalue weighted by molar-refractivity contribution is 7.10. The lowest BCUT2D eigenvalue weighted by Gasteiger charge is -2.19. The molecule has 0 aliphatic carbocycles. The molecule has 0 fully saturated rings. The Morgan fingerprint density at radius 1 is 0.969 bits per heavy atom. The maximum absolute atomic E-state index is 10.2. The van der Waals surface area contributed by atoms with Gasteiger partial charge in [-0.15, -0.1) is 11.3 Å². The summed E-state index contributed by atoms with van der Waals surface area (Å²) in [6.45, 7) is 0.938. The van der Waals surface area contributed by atoms with Crippen LogP contribution in [0.5, 0.6) is 5.75 Å². The lowest BCUT2D eigenvalue weighted by Crippen LogP contribution is -2.15. The molecular formula is C26H27NO4S. The minimum absolute atomic E-state index is 0.100. The van der Waals surface area contributed by atoms with Gasteiger partial charge in [0.15, 0.2) is 6.10 Å². The third-order valence-corrected chi connectivity index (χ3v) is 5.85. The van der Waals surface area contributed by atoms with Crippen LogP contribution >= 0.6 is 11.3 Å². The van der Waals surface area contributed by atoms with Crippen molar-refractivity contribution in [3.63, 3.8) is 0 Å². The summed E-state index contributed by atoms with van der Waals surface area (Å²) in [6.07, 6.45) is -0.347. The van der Waals surface area contributed by atoms with Crippen molar-refractivity contribution in [2.24, 2.45) is 0 Å². The van der Waals surface area contributed by atoms with Crippen LogP contribution in [-0.2, 0) is 4.79 Å². The minimum atomic E-state index is -1.41. The molecule has 3 aromatic carbocycles. The third kappa shape index (κ3) is 6.40. The van der Waals surface area contributed by atoms with Crippen molar-refractivity contribution in [1.29, 1.82) is 0 Å². The minimum Gasteiger partial charge on any atom is -0.484 e. The number of carboxylic acids is 1. The van der Waals surface area contributed by atoms with Crippen LogP contribution in [0.1, 0.15) is 29.1 Å². The number of ether oxygens (including phenoxy) is 1. The van der Waals surface area contributed by atoms with Crippen LogP contribution < -0.4 is 10.1 Å². The van der Waals surface area contributed by atoms with Gasteiger partial charge in [-0.05, 0) is 42.1 Å². The quantitative estimate of drug-likeness (QED) is 0.334. The van der Waals surface area contributed by atoms with E-state index in [2.05, 4.69) is 65.3 Å².